The smallest absolute Gasteiger partial charge is 0.0765 e. The van der Waals surface area contributed by atoms with E-state index in [1.54, 1.807) is 0 Å². The van der Waals surface area contributed by atoms with Gasteiger partial charge in [0, 0.05) is 24.5 Å². The predicted octanol–water partition coefficient (Wildman–Crippen LogP) is 3.29. The van der Waals surface area contributed by atoms with Crippen molar-refractivity contribution in [2.75, 3.05) is 23.3 Å². The molecular formula is C12H18N2S. The van der Waals surface area contributed by atoms with Gasteiger partial charge in [0.05, 0.1) is 4.99 Å². The summed E-state index contributed by atoms with van der Waals surface area (Å²) in [7, 11) is 0. The molecule has 1 N–H and O–H groups in total. The topological polar surface area (TPSA) is 15.3 Å². The Balaban J connectivity index is 2.75. The zero-order valence-corrected chi connectivity index (χ0v) is 10.4. The molecule has 0 aliphatic carbocycles. The number of rotatable bonds is 4. The molecule has 82 valence electrons. The van der Waals surface area contributed by atoms with Crippen molar-refractivity contribution < 1.29 is 0 Å². The largest absolute Gasteiger partial charge is 0.372 e. The van der Waals surface area contributed by atoms with Crippen LogP contribution < -0.4 is 10.2 Å². The second kappa shape index (κ2) is 5.71. The van der Waals surface area contributed by atoms with Crippen LogP contribution in [0.3, 0.4) is 0 Å². The summed E-state index contributed by atoms with van der Waals surface area (Å²) in [6.45, 7) is 8.28. The van der Waals surface area contributed by atoms with E-state index >= 15 is 0 Å². The maximum atomic E-state index is 4.99. The quantitative estimate of drug-likeness (QED) is 0.787. The van der Waals surface area contributed by atoms with Gasteiger partial charge < -0.3 is 10.2 Å². The maximum Gasteiger partial charge on any atom is 0.0765 e. The van der Waals surface area contributed by atoms with E-state index in [1.165, 1.54) is 5.69 Å². The third-order valence-corrected chi connectivity index (χ3v) is 2.42. The van der Waals surface area contributed by atoms with Crippen LogP contribution in [0, 0.1) is 0 Å². The van der Waals surface area contributed by atoms with Crippen molar-refractivity contribution in [3.05, 3.63) is 24.3 Å². The van der Waals surface area contributed by atoms with Crippen LogP contribution in [0.25, 0.3) is 0 Å². The van der Waals surface area contributed by atoms with Crippen LogP contribution in [0.2, 0.25) is 0 Å². The third kappa shape index (κ3) is 3.51. The number of benzene rings is 1. The van der Waals surface area contributed by atoms with Gasteiger partial charge in [-0.1, -0.05) is 12.2 Å². The summed E-state index contributed by atoms with van der Waals surface area (Å²) in [5.74, 6) is 0. The van der Waals surface area contributed by atoms with Gasteiger partial charge in [-0.3, -0.25) is 0 Å². The summed E-state index contributed by atoms with van der Waals surface area (Å²) in [6.07, 6.45) is 0. The Hall–Kier alpha value is -1.09. The fourth-order valence-electron chi connectivity index (χ4n) is 1.55. The minimum Gasteiger partial charge on any atom is -0.372 e. The minimum absolute atomic E-state index is 0.797. The van der Waals surface area contributed by atoms with Crippen LogP contribution in [-0.2, 0) is 0 Å². The molecule has 0 heterocycles. The Kier molecular flexibility index (Phi) is 4.56. The van der Waals surface area contributed by atoms with Crippen LogP contribution >= 0.6 is 12.2 Å². The average molecular weight is 222 g/mol. The van der Waals surface area contributed by atoms with Gasteiger partial charge in [0.15, 0.2) is 0 Å². The lowest BCUT2D eigenvalue weighted by atomic mass is 10.2. The Morgan fingerprint density at radius 3 is 2.13 bits per heavy atom. The molecule has 0 aliphatic rings. The van der Waals surface area contributed by atoms with Crippen LogP contribution in [-0.4, -0.2) is 18.1 Å². The SMILES string of the molecule is CCN(CC)c1ccc(NC(C)=S)cc1. The van der Waals surface area contributed by atoms with Crippen molar-refractivity contribution in [2.24, 2.45) is 0 Å². The first-order chi connectivity index (χ1) is 7.17. The lowest BCUT2D eigenvalue weighted by Gasteiger charge is -2.21. The molecule has 0 aliphatic heterocycles. The zero-order chi connectivity index (χ0) is 11.3. The van der Waals surface area contributed by atoms with E-state index in [0.717, 1.165) is 23.8 Å². The number of thiocarbonyl (C=S) groups is 1. The van der Waals surface area contributed by atoms with Crippen LogP contribution in [0.5, 0.6) is 0 Å². The van der Waals surface area contributed by atoms with Crippen LogP contribution in [0.15, 0.2) is 24.3 Å². The van der Waals surface area contributed by atoms with Gasteiger partial charge >= 0.3 is 0 Å². The number of hydrogen-bond donors (Lipinski definition) is 1. The molecule has 0 fully saturated rings. The molecule has 0 aromatic heterocycles. The highest BCUT2D eigenvalue weighted by Gasteiger charge is 2.00. The fourth-order valence-corrected chi connectivity index (χ4v) is 1.67. The fraction of sp³-hybridized carbons (Fsp3) is 0.417. The summed E-state index contributed by atoms with van der Waals surface area (Å²) in [5, 5.41) is 3.12. The highest BCUT2D eigenvalue weighted by Crippen LogP contribution is 2.17. The molecular weight excluding hydrogens is 204 g/mol. The molecule has 0 bridgehead atoms. The van der Waals surface area contributed by atoms with Gasteiger partial charge in [-0.15, -0.1) is 0 Å². The molecule has 0 atom stereocenters. The lowest BCUT2D eigenvalue weighted by Crippen LogP contribution is -2.21. The molecule has 0 radical (unpaired) electrons. The molecule has 1 rings (SSSR count). The Morgan fingerprint density at radius 1 is 1.20 bits per heavy atom. The molecule has 0 amide bonds. The van der Waals surface area contributed by atoms with Gasteiger partial charge in [0.25, 0.3) is 0 Å². The van der Waals surface area contributed by atoms with Gasteiger partial charge in [-0.2, -0.15) is 0 Å². The van der Waals surface area contributed by atoms with Crippen molar-refractivity contribution in [3.8, 4) is 0 Å². The first kappa shape index (κ1) is 12.0. The van der Waals surface area contributed by atoms with E-state index < -0.39 is 0 Å². The van der Waals surface area contributed by atoms with Crippen molar-refractivity contribution in [1.29, 1.82) is 0 Å². The van der Waals surface area contributed by atoms with E-state index in [9.17, 15) is 0 Å². The second-order valence-electron chi connectivity index (χ2n) is 3.40. The molecule has 15 heavy (non-hydrogen) atoms. The number of nitrogens with zero attached hydrogens (tertiary/aromatic N) is 1. The molecule has 0 unspecified atom stereocenters. The summed E-state index contributed by atoms with van der Waals surface area (Å²) in [4.78, 5) is 3.11. The molecule has 2 nitrogen and oxygen atoms in total. The highest BCUT2D eigenvalue weighted by molar-refractivity contribution is 7.80. The van der Waals surface area contributed by atoms with Gasteiger partial charge in [0.2, 0.25) is 0 Å². The zero-order valence-electron chi connectivity index (χ0n) is 9.58. The maximum absolute atomic E-state index is 4.99. The Labute approximate surface area is 97.3 Å². The number of nitrogens with one attached hydrogen (secondary N) is 1. The minimum atomic E-state index is 0.797. The molecule has 0 spiro atoms. The van der Waals surface area contributed by atoms with E-state index in [0.29, 0.717) is 0 Å². The molecule has 0 saturated heterocycles. The summed E-state index contributed by atoms with van der Waals surface area (Å²) >= 11 is 4.99. The van der Waals surface area contributed by atoms with Gasteiger partial charge in [-0.25, -0.2) is 0 Å². The average Bonchev–Trinajstić information content (AvgIpc) is 2.21. The highest BCUT2D eigenvalue weighted by atomic mass is 32.1. The van der Waals surface area contributed by atoms with Gasteiger partial charge in [0.1, 0.15) is 0 Å². The lowest BCUT2D eigenvalue weighted by molar-refractivity contribution is 0.866. The molecule has 3 heteroatoms. The van der Waals surface area contributed by atoms with Crippen LogP contribution in [0.4, 0.5) is 11.4 Å². The van der Waals surface area contributed by atoms with Crippen molar-refractivity contribution in [3.63, 3.8) is 0 Å². The van der Waals surface area contributed by atoms with Crippen molar-refractivity contribution >= 4 is 28.6 Å². The molecule has 0 saturated carbocycles. The Bertz CT molecular complexity index is 315. The first-order valence-corrected chi connectivity index (χ1v) is 5.70. The number of anilines is 2. The monoisotopic (exact) mass is 222 g/mol. The standard InChI is InChI=1S/C12H18N2S/c1-4-14(5-2)12-8-6-11(7-9-12)13-10(3)15/h6-9H,4-5H2,1-3H3,(H,13,15). The van der Waals surface area contributed by atoms with Crippen molar-refractivity contribution in [1.82, 2.24) is 0 Å². The second-order valence-corrected chi connectivity index (χ2v) is 4.01. The van der Waals surface area contributed by atoms with Crippen LogP contribution in [0.1, 0.15) is 20.8 Å². The normalized spacial score (nSPS) is 9.80. The first-order valence-electron chi connectivity index (χ1n) is 5.30. The van der Waals surface area contributed by atoms with E-state index in [2.05, 4.69) is 48.3 Å². The van der Waals surface area contributed by atoms with E-state index in [1.807, 2.05) is 6.92 Å². The third-order valence-electron chi connectivity index (χ3n) is 2.32. The summed E-state index contributed by atoms with van der Waals surface area (Å²) in [6, 6.07) is 8.36. The Morgan fingerprint density at radius 2 is 1.73 bits per heavy atom. The predicted molar refractivity (Wildman–Crippen MR) is 71.9 cm³/mol. The van der Waals surface area contributed by atoms with Gasteiger partial charge in [-0.05, 0) is 45.0 Å². The van der Waals surface area contributed by atoms with E-state index in [4.69, 9.17) is 12.2 Å². The van der Waals surface area contributed by atoms with Crippen molar-refractivity contribution in [2.45, 2.75) is 20.8 Å². The molecule has 1 aromatic carbocycles. The summed E-state index contributed by atoms with van der Waals surface area (Å²) < 4.78 is 0. The molecule has 1 aromatic rings. The van der Waals surface area contributed by atoms with E-state index in [-0.39, 0.29) is 0 Å². The summed E-state index contributed by atoms with van der Waals surface area (Å²) in [5.41, 5.74) is 2.31. The number of hydrogen-bond acceptors (Lipinski definition) is 2.